The molecular formula is C14H26N2O3. The number of carbonyl (C=O) groups is 2. The molecule has 110 valence electrons. The van der Waals surface area contributed by atoms with Crippen LogP contribution in [0.3, 0.4) is 0 Å². The monoisotopic (exact) mass is 270 g/mol. The lowest BCUT2D eigenvalue weighted by molar-refractivity contribution is -0.140. The Kier molecular flexibility index (Phi) is 7.48. The van der Waals surface area contributed by atoms with Crippen LogP contribution in [0.15, 0.2) is 0 Å². The lowest BCUT2D eigenvalue weighted by Gasteiger charge is -2.29. The molecule has 0 radical (unpaired) electrons. The van der Waals surface area contributed by atoms with Gasteiger partial charge in [-0.05, 0) is 32.1 Å². The van der Waals surface area contributed by atoms with Crippen LogP contribution in [0.1, 0.15) is 46.0 Å². The number of carbonyl (C=O) groups excluding carboxylic acids is 2. The van der Waals surface area contributed by atoms with Crippen molar-refractivity contribution >= 4 is 11.8 Å². The predicted octanol–water partition coefficient (Wildman–Crippen LogP) is 1.22. The molecule has 2 N–H and O–H groups in total. The number of amides is 2. The number of ether oxygens (including phenoxy) is 1. The summed E-state index contributed by atoms with van der Waals surface area (Å²) in [5.74, 6) is -0.576. The van der Waals surface area contributed by atoms with Crippen molar-refractivity contribution < 1.29 is 14.3 Å². The molecule has 0 aliphatic heterocycles. The minimum Gasteiger partial charge on any atom is -0.382 e. The topological polar surface area (TPSA) is 67.4 Å². The van der Waals surface area contributed by atoms with Gasteiger partial charge in [0.1, 0.15) is 0 Å². The second-order valence-corrected chi connectivity index (χ2v) is 5.15. The second-order valence-electron chi connectivity index (χ2n) is 5.15. The Hall–Kier alpha value is -1.10. The van der Waals surface area contributed by atoms with Crippen molar-refractivity contribution in [2.45, 2.75) is 52.0 Å². The molecule has 0 bridgehead atoms. The van der Waals surface area contributed by atoms with Crippen molar-refractivity contribution in [3.8, 4) is 0 Å². The molecule has 2 amide bonds. The normalized spacial score (nSPS) is 22.8. The van der Waals surface area contributed by atoms with Gasteiger partial charge < -0.3 is 15.4 Å². The van der Waals surface area contributed by atoms with Crippen LogP contribution in [-0.2, 0) is 14.3 Å². The van der Waals surface area contributed by atoms with Gasteiger partial charge in [0.25, 0.3) is 0 Å². The van der Waals surface area contributed by atoms with Gasteiger partial charge >= 0.3 is 11.8 Å². The molecule has 19 heavy (non-hydrogen) atoms. The highest BCUT2D eigenvalue weighted by Gasteiger charge is 2.25. The van der Waals surface area contributed by atoms with E-state index in [1.807, 2.05) is 6.92 Å². The molecule has 1 aliphatic rings. The fraction of sp³-hybridized carbons (Fsp3) is 0.857. The average molecular weight is 270 g/mol. The zero-order valence-corrected chi connectivity index (χ0v) is 12.0. The zero-order chi connectivity index (χ0) is 14.1. The third-order valence-electron chi connectivity index (χ3n) is 3.59. The summed E-state index contributed by atoms with van der Waals surface area (Å²) in [6, 6.07) is 0.149. The highest BCUT2D eigenvalue weighted by molar-refractivity contribution is 6.35. The molecule has 2 atom stereocenters. The maximum absolute atomic E-state index is 11.7. The lowest BCUT2D eigenvalue weighted by atomic mass is 9.86. The van der Waals surface area contributed by atoms with Crippen LogP contribution in [0.5, 0.6) is 0 Å². The highest BCUT2D eigenvalue weighted by Crippen LogP contribution is 2.23. The van der Waals surface area contributed by atoms with E-state index in [-0.39, 0.29) is 6.04 Å². The van der Waals surface area contributed by atoms with Gasteiger partial charge in [-0.1, -0.05) is 19.8 Å². The lowest BCUT2D eigenvalue weighted by Crippen LogP contribution is -2.47. The largest absolute Gasteiger partial charge is 0.382 e. The van der Waals surface area contributed by atoms with Crippen molar-refractivity contribution in [2.75, 3.05) is 19.8 Å². The van der Waals surface area contributed by atoms with Gasteiger partial charge in [-0.2, -0.15) is 0 Å². The third kappa shape index (κ3) is 6.05. The smallest absolute Gasteiger partial charge is 0.309 e. The molecule has 1 rings (SSSR count). The maximum atomic E-state index is 11.7. The first-order valence-electron chi connectivity index (χ1n) is 7.31. The van der Waals surface area contributed by atoms with E-state index in [1.54, 1.807) is 0 Å². The van der Waals surface area contributed by atoms with Gasteiger partial charge in [-0.3, -0.25) is 9.59 Å². The third-order valence-corrected chi connectivity index (χ3v) is 3.59. The van der Waals surface area contributed by atoms with E-state index >= 15 is 0 Å². The van der Waals surface area contributed by atoms with Crippen molar-refractivity contribution in [1.29, 1.82) is 0 Å². The Labute approximate surface area is 115 Å². The maximum Gasteiger partial charge on any atom is 0.309 e. The molecule has 5 heteroatoms. The van der Waals surface area contributed by atoms with Crippen molar-refractivity contribution in [1.82, 2.24) is 10.6 Å². The van der Waals surface area contributed by atoms with Crippen molar-refractivity contribution in [3.05, 3.63) is 0 Å². The van der Waals surface area contributed by atoms with Gasteiger partial charge in [-0.15, -0.1) is 0 Å². The van der Waals surface area contributed by atoms with E-state index in [9.17, 15) is 9.59 Å². The fourth-order valence-corrected chi connectivity index (χ4v) is 2.37. The van der Waals surface area contributed by atoms with Crippen LogP contribution in [0.4, 0.5) is 0 Å². The van der Waals surface area contributed by atoms with E-state index in [0.29, 0.717) is 25.7 Å². The van der Waals surface area contributed by atoms with Gasteiger partial charge in [0.2, 0.25) is 0 Å². The number of hydrogen-bond donors (Lipinski definition) is 2. The molecule has 1 aliphatic carbocycles. The number of nitrogens with one attached hydrogen (secondary N) is 2. The molecular weight excluding hydrogens is 244 g/mol. The SMILES string of the molecule is CCOCCCNC(=O)C(=O)N[C@H]1CCCC[C@@H]1C. The molecule has 5 nitrogen and oxygen atoms in total. The molecule has 0 aromatic rings. The van der Waals surface area contributed by atoms with Crippen LogP contribution in [-0.4, -0.2) is 37.6 Å². The van der Waals surface area contributed by atoms with Crippen LogP contribution in [0.25, 0.3) is 0 Å². The van der Waals surface area contributed by atoms with E-state index in [4.69, 9.17) is 4.74 Å². The van der Waals surface area contributed by atoms with Crippen molar-refractivity contribution in [3.63, 3.8) is 0 Å². The summed E-state index contributed by atoms with van der Waals surface area (Å²) in [5, 5.41) is 5.45. The Balaban J connectivity index is 2.19. The van der Waals surface area contributed by atoms with E-state index < -0.39 is 11.8 Å². The molecule has 0 unspecified atom stereocenters. The van der Waals surface area contributed by atoms with Crippen molar-refractivity contribution in [2.24, 2.45) is 5.92 Å². The molecule has 1 saturated carbocycles. The molecule has 0 aromatic carbocycles. The summed E-state index contributed by atoms with van der Waals surface area (Å²) in [5.41, 5.74) is 0. The Morgan fingerprint density at radius 2 is 1.95 bits per heavy atom. The van der Waals surface area contributed by atoms with Crippen LogP contribution >= 0.6 is 0 Å². The Morgan fingerprint density at radius 3 is 2.63 bits per heavy atom. The summed E-state index contributed by atoms with van der Waals surface area (Å²) in [7, 11) is 0. The second kappa shape index (κ2) is 8.91. The average Bonchev–Trinajstić information content (AvgIpc) is 2.41. The number of rotatable bonds is 6. The Morgan fingerprint density at radius 1 is 1.21 bits per heavy atom. The summed E-state index contributed by atoms with van der Waals surface area (Å²) in [6.07, 6.45) is 5.18. The highest BCUT2D eigenvalue weighted by atomic mass is 16.5. The zero-order valence-electron chi connectivity index (χ0n) is 12.0. The van der Waals surface area contributed by atoms with Gasteiger partial charge in [0.15, 0.2) is 0 Å². The quantitative estimate of drug-likeness (QED) is 0.563. The van der Waals surface area contributed by atoms with E-state index in [1.165, 1.54) is 6.42 Å². The Bertz CT molecular complexity index is 294. The fourth-order valence-electron chi connectivity index (χ4n) is 2.37. The van der Waals surface area contributed by atoms with E-state index in [2.05, 4.69) is 17.6 Å². The summed E-state index contributed by atoms with van der Waals surface area (Å²) < 4.78 is 5.16. The van der Waals surface area contributed by atoms with E-state index in [0.717, 1.165) is 25.7 Å². The standard InChI is InChI=1S/C14H26N2O3/c1-3-19-10-6-9-15-13(17)14(18)16-12-8-5-4-7-11(12)2/h11-12H,3-10H2,1-2H3,(H,15,17)(H,16,18)/t11-,12-/m0/s1. The minimum atomic E-state index is -0.533. The van der Waals surface area contributed by atoms with Crippen LogP contribution in [0.2, 0.25) is 0 Å². The van der Waals surface area contributed by atoms with Gasteiger partial charge in [0.05, 0.1) is 0 Å². The summed E-state index contributed by atoms with van der Waals surface area (Å²) >= 11 is 0. The molecule has 0 aromatic heterocycles. The molecule has 0 spiro atoms. The van der Waals surface area contributed by atoms with Crippen LogP contribution in [0, 0.1) is 5.92 Å². The first-order chi connectivity index (χ1) is 9.15. The molecule has 0 saturated heterocycles. The molecule has 1 fully saturated rings. The summed E-state index contributed by atoms with van der Waals surface area (Å²) in [4.78, 5) is 23.3. The predicted molar refractivity (Wildman–Crippen MR) is 73.7 cm³/mol. The van der Waals surface area contributed by atoms with Crippen LogP contribution < -0.4 is 10.6 Å². The van der Waals surface area contributed by atoms with Gasteiger partial charge in [-0.25, -0.2) is 0 Å². The summed E-state index contributed by atoms with van der Waals surface area (Å²) in [6.45, 7) is 5.82. The van der Waals surface area contributed by atoms with Gasteiger partial charge in [0, 0.05) is 25.8 Å². The molecule has 0 heterocycles. The minimum absolute atomic E-state index is 0.149. The first-order valence-corrected chi connectivity index (χ1v) is 7.31. The first kappa shape index (κ1) is 16.0. The number of hydrogen-bond acceptors (Lipinski definition) is 3.